The number of anilines is 2. The highest BCUT2D eigenvalue weighted by Gasteiger charge is 2.32. The molecule has 9 heteroatoms. The van der Waals surface area contributed by atoms with Gasteiger partial charge in [0, 0.05) is 17.3 Å². The lowest BCUT2D eigenvalue weighted by Crippen LogP contribution is -2.26. The van der Waals surface area contributed by atoms with E-state index in [1.807, 2.05) is 0 Å². The topological polar surface area (TPSA) is 79.5 Å². The molecule has 0 saturated heterocycles. The van der Waals surface area contributed by atoms with E-state index >= 15 is 0 Å². The molecule has 2 aromatic carbocycles. The van der Waals surface area contributed by atoms with Crippen LogP contribution in [0.5, 0.6) is 5.75 Å². The molecule has 3 rings (SSSR count). The average Bonchev–Trinajstić information content (AvgIpc) is 3.44. The van der Waals surface area contributed by atoms with Crippen LogP contribution < -0.4 is 20.7 Å². The molecule has 1 saturated carbocycles. The Morgan fingerprint density at radius 3 is 2.54 bits per heavy atom. The highest BCUT2D eigenvalue weighted by molar-refractivity contribution is 5.98. The molecule has 2 aromatic rings. The van der Waals surface area contributed by atoms with Crippen LogP contribution in [0.4, 0.5) is 24.5 Å². The Bertz CT molecular complexity index is 867. The van der Waals surface area contributed by atoms with Crippen molar-refractivity contribution >= 4 is 23.2 Å². The summed E-state index contributed by atoms with van der Waals surface area (Å²) in [6.45, 7) is -0.281. The third-order valence-electron chi connectivity index (χ3n) is 3.87. The third-order valence-corrected chi connectivity index (χ3v) is 3.87. The largest absolute Gasteiger partial charge is 0.573 e. The minimum absolute atomic E-state index is 0.0348. The summed E-state index contributed by atoms with van der Waals surface area (Å²) in [4.78, 5) is 24.2. The van der Waals surface area contributed by atoms with Crippen LogP contribution in [0.2, 0.25) is 0 Å². The quantitative estimate of drug-likeness (QED) is 0.673. The molecule has 148 valence electrons. The van der Waals surface area contributed by atoms with Crippen molar-refractivity contribution in [3.8, 4) is 5.75 Å². The van der Waals surface area contributed by atoms with Gasteiger partial charge in [0.1, 0.15) is 0 Å². The van der Waals surface area contributed by atoms with Gasteiger partial charge >= 0.3 is 6.36 Å². The Balaban J connectivity index is 1.57. The molecule has 0 unspecified atom stereocenters. The van der Waals surface area contributed by atoms with Gasteiger partial charge in [-0.05, 0) is 43.2 Å². The summed E-state index contributed by atoms with van der Waals surface area (Å²) < 4.78 is 41.2. The summed E-state index contributed by atoms with van der Waals surface area (Å²) >= 11 is 0. The smallest absolute Gasteiger partial charge is 0.404 e. The maximum Gasteiger partial charge on any atom is 0.573 e. The molecular weight excluding hydrogens is 375 g/mol. The van der Waals surface area contributed by atoms with E-state index < -0.39 is 18.0 Å². The number of carbonyl (C=O) groups excluding carboxylic acids is 2. The van der Waals surface area contributed by atoms with Crippen molar-refractivity contribution in [3.05, 3.63) is 54.1 Å². The molecule has 0 aromatic heterocycles. The van der Waals surface area contributed by atoms with Crippen LogP contribution in [0.3, 0.4) is 0 Å². The molecule has 0 radical (unpaired) electrons. The lowest BCUT2D eigenvalue weighted by Gasteiger charge is -2.14. The van der Waals surface area contributed by atoms with E-state index in [-0.39, 0.29) is 24.2 Å². The Kier molecular flexibility index (Phi) is 5.72. The lowest BCUT2D eigenvalue weighted by atomic mass is 10.2. The van der Waals surface area contributed by atoms with Gasteiger partial charge in [0.25, 0.3) is 5.91 Å². The maximum atomic E-state index is 12.4. The van der Waals surface area contributed by atoms with Crippen LogP contribution in [0, 0.1) is 0 Å². The number of halogens is 3. The second kappa shape index (κ2) is 8.20. The van der Waals surface area contributed by atoms with Gasteiger partial charge in [0.15, 0.2) is 5.75 Å². The van der Waals surface area contributed by atoms with Crippen LogP contribution in [-0.4, -0.2) is 30.8 Å². The Hall–Kier alpha value is -3.23. The highest BCUT2D eigenvalue weighted by atomic mass is 19.4. The van der Waals surface area contributed by atoms with Crippen LogP contribution >= 0.6 is 0 Å². The van der Waals surface area contributed by atoms with Gasteiger partial charge < -0.3 is 20.7 Å². The van der Waals surface area contributed by atoms with Crippen LogP contribution in [0.15, 0.2) is 48.5 Å². The zero-order chi connectivity index (χ0) is 20.1. The number of amides is 2. The molecule has 1 aliphatic carbocycles. The standard InChI is InChI=1S/C19H18F3N3O3/c20-19(21,22)28-16-7-2-1-6-15(16)23-11-17(26)24-14-5-3-4-12(10-14)18(27)25-13-8-9-13/h1-7,10,13,23H,8-9,11H2,(H,24,26)(H,25,27). The van der Waals surface area contributed by atoms with Crippen LogP contribution in [0.1, 0.15) is 23.2 Å². The summed E-state index contributed by atoms with van der Waals surface area (Å²) in [6, 6.07) is 12.1. The molecule has 1 aliphatic rings. The van der Waals surface area contributed by atoms with Gasteiger partial charge in [-0.25, -0.2) is 0 Å². The first-order chi connectivity index (χ1) is 13.3. The van der Waals surface area contributed by atoms with Gasteiger partial charge in [-0.3, -0.25) is 9.59 Å². The molecule has 0 spiro atoms. The molecule has 0 aliphatic heterocycles. The van der Waals surface area contributed by atoms with Crippen molar-refractivity contribution in [3.63, 3.8) is 0 Å². The zero-order valence-corrected chi connectivity index (χ0v) is 14.7. The minimum atomic E-state index is -4.83. The van der Waals surface area contributed by atoms with E-state index in [1.165, 1.54) is 24.3 Å². The SMILES string of the molecule is O=C(CNc1ccccc1OC(F)(F)F)Nc1cccc(C(=O)NC2CC2)c1. The molecular formula is C19H18F3N3O3. The second-order valence-electron chi connectivity index (χ2n) is 6.27. The van der Waals surface area contributed by atoms with Crippen LogP contribution in [0.25, 0.3) is 0 Å². The Labute approximate surface area is 159 Å². The fourth-order valence-electron chi connectivity index (χ4n) is 2.44. The predicted octanol–water partition coefficient (Wildman–Crippen LogP) is 3.53. The summed E-state index contributed by atoms with van der Waals surface area (Å²) in [6.07, 6.45) is -2.90. The van der Waals surface area contributed by atoms with Gasteiger partial charge in [-0.2, -0.15) is 0 Å². The molecule has 6 nitrogen and oxygen atoms in total. The number of hydrogen-bond acceptors (Lipinski definition) is 4. The first-order valence-corrected chi connectivity index (χ1v) is 8.59. The summed E-state index contributed by atoms with van der Waals surface area (Å²) in [7, 11) is 0. The van der Waals surface area contributed by atoms with Crippen molar-refractivity contribution in [1.82, 2.24) is 5.32 Å². The predicted molar refractivity (Wildman–Crippen MR) is 97.2 cm³/mol. The molecule has 2 amide bonds. The molecule has 1 fully saturated rings. The fraction of sp³-hybridized carbons (Fsp3) is 0.263. The molecule has 0 heterocycles. The van der Waals surface area contributed by atoms with Crippen LogP contribution in [-0.2, 0) is 4.79 Å². The van der Waals surface area contributed by atoms with Gasteiger partial charge in [0.05, 0.1) is 12.2 Å². The van der Waals surface area contributed by atoms with Crippen molar-refractivity contribution in [1.29, 1.82) is 0 Å². The Morgan fingerprint density at radius 1 is 1.07 bits per heavy atom. The zero-order valence-electron chi connectivity index (χ0n) is 14.7. The number of nitrogens with one attached hydrogen (secondary N) is 3. The van der Waals surface area contributed by atoms with E-state index in [1.54, 1.807) is 18.2 Å². The number of benzene rings is 2. The second-order valence-corrected chi connectivity index (χ2v) is 6.27. The number of para-hydroxylation sites is 2. The summed E-state index contributed by atoms with van der Waals surface area (Å²) in [5, 5.41) is 8.06. The molecule has 0 bridgehead atoms. The lowest BCUT2D eigenvalue weighted by molar-refractivity contribution is -0.274. The first kappa shape index (κ1) is 19.5. The van der Waals surface area contributed by atoms with Gasteiger partial charge in [-0.15, -0.1) is 13.2 Å². The molecule has 28 heavy (non-hydrogen) atoms. The number of hydrogen-bond donors (Lipinski definition) is 3. The van der Waals surface area contributed by atoms with E-state index in [2.05, 4.69) is 20.7 Å². The van der Waals surface area contributed by atoms with E-state index in [0.717, 1.165) is 18.9 Å². The number of ether oxygens (including phenoxy) is 1. The van der Waals surface area contributed by atoms with E-state index in [0.29, 0.717) is 11.3 Å². The Morgan fingerprint density at radius 2 is 1.82 bits per heavy atom. The number of carbonyl (C=O) groups is 2. The van der Waals surface area contributed by atoms with E-state index in [9.17, 15) is 22.8 Å². The summed E-state index contributed by atoms with van der Waals surface area (Å²) in [5.41, 5.74) is 0.865. The van der Waals surface area contributed by atoms with E-state index in [4.69, 9.17) is 0 Å². The maximum absolute atomic E-state index is 12.4. The monoisotopic (exact) mass is 393 g/mol. The molecule has 3 N–H and O–H groups in total. The van der Waals surface area contributed by atoms with Crippen molar-refractivity contribution in [2.75, 3.05) is 17.2 Å². The normalized spacial score (nSPS) is 13.5. The van der Waals surface area contributed by atoms with Crippen molar-refractivity contribution in [2.45, 2.75) is 25.2 Å². The van der Waals surface area contributed by atoms with Crippen molar-refractivity contribution < 1.29 is 27.5 Å². The third kappa shape index (κ3) is 5.90. The van der Waals surface area contributed by atoms with Crippen molar-refractivity contribution in [2.24, 2.45) is 0 Å². The summed E-state index contributed by atoms with van der Waals surface area (Å²) in [5.74, 6) is -1.13. The first-order valence-electron chi connectivity index (χ1n) is 8.59. The van der Waals surface area contributed by atoms with Gasteiger partial charge in [0.2, 0.25) is 5.91 Å². The number of rotatable bonds is 7. The number of alkyl halides is 3. The molecule has 0 atom stereocenters. The average molecular weight is 393 g/mol. The van der Waals surface area contributed by atoms with Gasteiger partial charge in [-0.1, -0.05) is 18.2 Å². The minimum Gasteiger partial charge on any atom is -0.404 e. The highest BCUT2D eigenvalue weighted by Crippen LogP contribution is 2.29. The fourth-order valence-corrected chi connectivity index (χ4v) is 2.44.